The van der Waals surface area contributed by atoms with Crippen molar-refractivity contribution in [1.82, 2.24) is 0 Å². The molecule has 0 saturated heterocycles. The maximum Gasteiger partial charge on any atom is 0.347 e. The van der Waals surface area contributed by atoms with Crippen molar-refractivity contribution in [2.45, 2.75) is 52.1 Å². The van der Waals surface area contributed by atoms with Crippen LogP contribution in [-0.2, 0) is 4.79 Å². The zero-order chi connectivity index (χ0) is 14.8. The Labute approximate surface area is 115 Å². The molecule has 18 heavy (non-hydrogen) atoms. The second-order valence-electron chi connectivity index (χ2n) is 3.81. The summed E-state index contributed by atoms with van der Waals surface area (Å²) in [5.74, 6) is -2.59. The topological polar surface area (TPSA) is 38.5 Å². The number of carbonyl (C=O) groups excluding carboxylic acids is 2. The van der Waals surface area contributed by atoms with Gasteiger partial charge in [-0.25, -0.2) is 13.2 Å². The molecule has 0 aromatic heterocycles. The van der Waals surface area contributed by atoms with Crippen molar-refractivity contribution in [3.05, 3.63) is 0 Å². The fourth-order valence-electron chi connectivity index (χ4n) is 0.899. The third-order valence-corrected chi connectivity index (χ3v) is 2.62. The van der Waals surface area contributed by atoms with Crippen LogP contribution in [0.1, 0.15) is 40.0 Å². The van der Waals surface area contributed by atoms with Crippen LogP contribution >= 0.6 is 24.4 Å². The molecule has 0 saturated carbocycles. The summed E-state index contributed by atoms with van der Waals surface area (Å²) < 4.78 is 37.3. The summed E-state index contributed by atoms with van der Waals surface area (Å²) >= 11 is 4.58. The number of hydrogen-bond acceptors (Lipinski definition) is 2. The molecule has 7 heteroatoms. The van der Waals surface area contributed by atoms with E-state index in [1.54, 1.807) is 6.92 Å². The van der Waals surface area contributed by atoms with Gasteiger partial charge in [0.05, 0.1) is 6.92 Å². The van der Waals surface area contributed by atoms with Crippen molar-refractivity contribution < 1.29 is 22.8 Å². The van der Waals surface area contributed by atoms with Crippen molar-refractivity contribution >= 4 is 34.6 Å². The van der Waals surface area contributed by atoms with Gasteiger partial charge in [0.25, 0.3) is 5.92 Å². The smallest absolute Gasteiger partial charge is 0.288 e. The van der Waals surface area contributed by atoms with Gasteiger partial charge in [-0.2, -0.15) is 0 Å². The molecule has 0 aliphatic heterocycles. The van der Waals surface area contributed by atoms with Gasteiger partial charge in [-0.3, -0.25) is 9.59 Å². The highest BCUT2D eigenvalue weighted by atomic mass is 32.2. The molecule has 0 bridgehead atoms. The summed E-state index contributed by atoms with van der Waals surface area (Å²) in [5, 5.41) is 0.114. The van der Waals surface area contributed by atoms with Crippen molar-refractivity contribution in [3.8, 4) is 0 Å². The molecule has 0 radical (unpaired) electrons. The Bertz CT molecular complexity index is 251. The number of hydrogen-bond donors (Lipinski definition) is 1. The van der Waals surface area contributed by atoms with E-state index in [0.29, 0.717) is 25.5 Å². The first-order valence-corrected chi connectivity index (χ1v) is 6.87. The van der Waals surface area contributed by atoms with E-state index >= 15 is 0 Å². The third kappa shape index (κ3) is 18.2. The predicted octanol–water partition coefficient (Wildman–Crippen LogP) is 3.87. The van der Waals surface area contributed by atoms with Crippen LogP contribution in [0.4, 0.5) is 13.2 Å². The zero-order valence-electron chi connectivity index (χ0n) is 10.8. The van der Waals surface area contributed by atoms with E-state index in [-0.39, 0.29) is 16.7 Å². The Morgan fingerprint density at radius 2 is 1.83 bits per heavy atom. The van der Waals surface area contributed by atoms with Crippen LogP contribution in [0.15, 0.2) is 0 Å². The minimum atomic E-state index is -3.23. The molecule has 0 rings (SSSR count). The van der Waals surface area contributed by atoms with E-state index in [9.17, 15) is 18.0 Å². The second kappa shape index (κ2) is 10.7. The molecule has 0 aromatic carbocycles. The fraction of sp³-hybridized carbons (Fsp3) is 0.818. The first-order valence-electron chi connectivity index (χ1n) is 5.44. The molecule has 0 aliphatic carbocycles. The molecule has 0 amide bonds. The van der Waals surface area contributed by atoms with Crippen LogP contribution in [0.25, 0.3) is 0 Å². The molecular formula is C11H20F3O2S2+. The van der Waals surface area contributed by atoms with Gasteiger partial charge in [-0.1, -0.05) is 0 Å². The summed E-state index contributed by atoms with van der Waals surface area (Å²) in [7, 11) is 0. The summed E-state index contributed by atoms with van der Waals surface area (Å²) in [6.45, 7) is 3.55. The van der Waals surface area contributed by atoms with E-state index < -0.39 is 12.1 Å². The number of thioether (sulfide) groups is 1. The normalized spacial score (nSPS) is 12.4. The van der Waals surface area contributed by atoms with Gasteiger partial charge in [0, 0.05) is 19.6 Å². The Morgan fingerprint density at radius 3 is 2.17 bits per heavy atom. The van der Waals surface area contributed by atoms with Crippen molar-refractivity contribution in [3.63, 3.8) is 0 Å². The number of halogens is 3. The largest absolute Gasteiger partial charge is 0.347 e. The lowest BCUT2D eigenvalue weighted by Gasteiger charge is -2.15. The quantitative estimate of drug-likeness (QED) is 0.459. The highest BCUT2D eigenvalue weighted by Crippen LogP contribution is 2.24. The summed E-state index contributed by atoms with van der Waals surface area (Å²) in [6.07, 6.45) is -1.11. The van der Waals surface area contributed by atoms with Crippen LogP contribution < -0.4 is 0 Å². The standard InChI is InChI=1S/C9H15F3OS.C2H4OS/c1-7(13)14-6-4-3-5-8(10)9(2,11)12;1-2(3)4/h8H,3-6H2,1-2H3;1H3,(H,3,4)/p+1. The average molecular weight is 305 g/mol. The van der Waals surface area contributed by atoms with E-state index in [1.165, 1.54) is 18.7 Å². The summed E-state index contributed by atoms with van der Waals surface area (Å²) in [5.41, 5.74) is 0. The number of alkyl halides is 3. The van der Waals surface area contributed by atoms with Crippen LogP contribution in [-0.4, -0.2) is 32.9 Å². The lowest BCUT2D eigenvalue weighted by atomic mass is 10.1. The van der Waals surface area contributed by atoms with E-state index in [1.807, 2.05) is 0 Å². The first-order chi connectivity index (χ1) is 8.07. The van der Waals surface area contributed by atoms with Crippen LogP contribution in [0.3, 0.4) is 0 Å². The molecule has 0 aromatic rings. The second-order valence-corrected chi connectivity index (χ2v) is 5.72. The van der Waals surface area contributed by atoms with Crippen LogP contribution in [0.5, 0.6) is 0 Å². The Hall–Kier alpha value is -0.170. The molecule has 0 heterocycles. The van der Waals surface area contributed by atoms with Gasteiger partial charge in [-0.05, 0) is 31.0 Å². The van der Waals surface area contributed by atoms with Crippen molar-refractivity contribution in [2.24, 2.45) is 0 Å². The van der Waals surface area contributed by atoms with Crippen LogP contribution in [0.2, 0.25) is 0 Å². The van der Waals surface area contributed by atoms with Gasteiger partial charge in [0.1, 0.15) is 0 Å². The number of thiol groups is 1. The van der Waals surface area contributed by atoms with Crippen LogP contribution in [0, 0.1) is 0 Å². The monoisotopic (exact) mass is 305 g/mol. The minimum Gasteiger partial charge on any atom is -0.288 e. The predicted molar refractivity (Wildman–Crippen MR) is 74.1 cm³/mol. The highest BCUT2D eigenvalue weighted by molar-refractivity contribution is 8.13. The van der Waals surface area contributed by atoms with Gasteiger partial charge in [0.2, 0.25) is 0 Å². The molecule has 1 N–H and O–H groups in total. The first kappa shape index (κ1) is 20.2. The molecule has 2 nitrogen and oxygen atoms in total. The number of carbonyl (C=O) groups is 1. The number of unbranched alkanes of at least 4 members (excludes halogenated alkanes) is 1. The van der Waals surface area contributed by atoms with Crippen molar-refractivity contribution in [2.75, 3.05) is 5.75 Å². The number of rotatable bonds is 6. The molecule has 0 aliphatic rings. The zero-order valence-corrected chi connectivity index (χ0v) is 12.5. The molecule has 1 atom stereocenters. The minimum absolute atomic E-state index is 0.117. The Balaban J connectivity index is 0. The molecule has 0 spiro atoms. The maximum absolute atomic E-state index is 12.7. The summed E-state index contributed by atoms with van der Waals surface area (Å²) in [6, 6.07) is 0. The lowest BCUT2D eigenvalue weighted by molar-refractivity contribution is -0.108. The lowest BCUT2D eigenvalue weighted by Crippen LogP contribution is -2.25. The average Bonchev–Trinajstić information content (AvgIpc) is 2.13. The van der Waals surface area contributed by atoms with Gasteiger partial charge < -0.3 is 0 Å². The maximum atomic E-state index is 12.7. The molecular weight excluding hydrogens is 285 g/mol. The van der Waals surface area contributed by atoms with E-state index in [4.69, 9.17) is 4.79 Å². The fourth-order valence-corrected chi connectivity index (χ4v) is 1.54. The summed E-state index contributed by atoms with van der Waals surface area (Å²) in [4.78, 5) is 18.1. The third-order valence-electron chi connectivity index (χ3n) is 1.71. The van der Waals surface area contributed by atoms with E-state index in [2.05, 4.69) is 12.6 Å². The van der Waals surface area contributed by atoms with Gasteiger partial charge >= 0.3 is 5.12 Å². The SMILES string of the molecule is CC(=O)S.CC(=[OH+])SCCCCC(F)C(C)(F)F. The highest BCUT2D eigenvalue weighted by Gasteiger charge is 2.33. The Morgan fingerprint density at radius 1 is 1.39 bits per heavy atom. The van der Waals surface area contributed by atoms with E-state index in [0.717, 1.165) is 0 Å². The van der Waals surface area contributed by atoms with Crippen molar-refractivity contribution in [1.29, 1.82) is 0 Å². The Kier molecular flexibility index (Phi) is 12.0. The molecule has 108 valence electrons. The molecule has 1 unspecified atom stereocenters. The molecule has 0 fully saturated rings. The van der Waals surface area contributed by atoms with Gasteiger partial charge in [0.15, 0.2) is 11.3 Å². The van der Waals surface area contributed by atoms with Gasteiger partial charge in [-0.15, -0.1) is 12.6 Å².